The van der Waals surface area contributed by atoms with Gasteiger partial charge in [0.1, 0.15) is 0 Å². The highest BCUT2D eigenvalue weighted by Crippen LogP contribution is 2.32. The van der Waals surface area contributed by atoms with E-state index in [4.69, 9.17) is 11.6 Å². The Kier molecular flexibility index (Phi) is 5.51. The van der Waals surface area contributed by atoms with Crippen LogP contribution in [0.2, 0.25) is 5.02 Å². The zero-order valence-corrected chi connectivity index (χ0v) is 13.7. The summed E-state index contributed by atoms with van der Waals surface area (Å²) >= 11 is 6.17. The number of hydrogen-bond acceptors (Lipinski definition) is 2. The van der Waals surface area contributed by atoms with Gasteiger partial charge in [0.05, 0.1) is 17.4 Å². The molecule has 1 unspecified atom stereocenters. The zero-order chi connectivity index (χ0) is 15.2. The first-order valence-corrected chi connectivity index (χ1v) is 7.78. The summed E-state index contributed by atoms with van der Waals surface area (Å²) in [7, 11) is 4.09. The van der Waals surface area contributed by atoms with Gasteiger partial charge in [0.15, 0.2) is 0 Å². The summed E-state index contributed by atoms with van der Waals surface area (Å²) < 4.78 is 0. The molecule has 0 amide bonds. The van der Waals surface area contributed by atoms with Crippen LogP contribution >= 0.6 is 11.6 Å². The van der Waals surface area contributed by atoms with Crippen molar-refractivity contribution in [2.75, 3.05) is 24.3 Å². The summed E-state index contributed by atoms with van der Waals surface area (Å²) in [5.74, 6) is 0. The van der Waals surface area contributed by atoms with E-state index in [-0.39, 0.29) is 0 Å². The molecule has 0 aliphatic carbocycles. The van der Waals surface area contributed by atoms with Gasteiger partial charge < -0.3 is 10.2 Å². The minimum atomic E-state index is 0.299. The molecule has 2 aromatic rings. The van der Waals surface area contributed by atoms with Crippen molar-refractivity contribution in [1.82, 2.24) is 0 Å². The molecule has 0 bridgehead atoms. The van der Waals surface area contributed by atoms with Gasteiger partial charge in [-0.05, 0) is 30.2 Å². The van der Waals surface area contributed by atoms with E-state index in [1.165, 1.54) is 5.56 Å². The van der Waals surface area contributed by atoms with Gasteiger partial charge in [-0.3, -0.25) is 0 Å². The van der Waals surface area contributed by atoms with E-state index in [2.05, 4.69) is 53.5 Å². The molecule has 0 aromatic heterocycles. The Hall–Kier alpha value is -1.67. The lowest BCUT2D eigenvalue weighted by Gasteiger charge is -2.24. The molecule has 0 saturated carbocycles. The van der Waals surface area contributed by atoms with Crippen LogP contribution in [0.3, 0.4) is 0 Å². The van der Waals surface area contributed by atoms with E-state index in [0.717, 1.165) is 29.2 Å². The van der Waals surface area contributed by atoms with Crippen LogP contribution in [-0.2, 0) is 0 Å². The van der Waals surface area contributed by atoms with E-state index in [1.807, 2.05) is 26.2 Å². The van der Waals surface area contributed by atoms with Crippen LogP contribution in [0.25, 0.3) is 0 Å². The summed E-state index contributed by atoms with van der Waals surface area (Å²) in [5.41, 5.74) is 3.54. The molecule has 0 saturated heterocycles. The lowest BCUT2D eigenvalue weighted by Crippen LogP contribution is -2.15. The number of rotatable bonds is 6. The lowest BCUT2D eigenvalue weighted by molar-refractivity contribution is 0.677. The predicted molar refractivity (Wildman–Crippen MR) is 93.5 cm³/mol. The van der Waals surface area contributed by atoms with Crippen LogP contribution in [0.4, 0.5) is 11.4 Å². The van der Waals surface area contributed by atoms with Crippen molar-refractivity contribution >= 4 is 23.0 Å². The van der Waals surface area contributed by atoms with Gasteiger partial charge in [0, 0.05) is 19.1 Å². The zero-order valence-electron chi connectivity index (χ0n) is 12.9. The van der Waals surface area contributed by atoms with Crippen LogP contribution in [0.5, 0.6) is 0 Å². The van der Waals surface area contributed by atoms with Crippen molar-refractivity contribution in [2.24, 2.45) is 0 Å². The SMILES string of the molecule is CCCC(Nc1cc(Cl)ccc1N(C)C)c1ccccc1. The Balaban J connectivity index is 2.31. The van der Waals surface area contributed by atoms with Gasteiger partial charge in [-0.2, -0.15) is 0 Å². The molecule has 3 heteroatoms. The third kappa shape index (κ3) is 4.15. The standard InChI is InChI=1S/C18H23ClN2/c1-4-8-16(14-9-6-5-7-10-14)20-17-13-15(19)11-12-18(17)21(2)3/h5-7,9-13,16,20H,4,8H2,1-3H3. The molecule has 1 N–H and O–H groups in total. The van der Waals surface area contributed by atoms with Gasteiger partial charge in [-0.15, -0.1) is 0 Å². The first-order chi connectivity index (χ1) is 10.1. The average molecular weight is 303 g/mol. The number of anilines is 2. The second-order valence-electron chi connectivity index (χ2n) is 5.45. The topological polar surface area (TPSA) is 15.3 Å². The maximum Gasteiger partial charge on any atom is 0.0598 e. The van der Waals surface area contributed by atoms with Crippen molar-refractivity contribution in [1.29, 1.82) is 0 Å². The fourth-order valence-electron chi connectivity index (χ4n) is 2.50. The summed E-state index contributed by atoms with van der Waals surface area (Å²) in [6, 6.07) is 16.9. The van der Waals surface area contributed by atoms with Crippen LogP contribution < -0.4 is 10.2 Å². The number of nitrogens with one attached hydrogen (secondary N) is 1. The molecule has 0 radical (unpaired) electrons. The molecule has 2 rings (SSSR count). The quantitative estimate of drug-likeness (QED) is 0.773. The Labute approximate surface area is 132 Å². The number of halogens is 1. The normalized spacial score (nSPS) is 12.0. The van der Waals surface area contributed by atoms with Crippen LogP contribution in [0, 0.1) is 0 Å². The largest absolute Gasteiger partial charge is 0.377 e. The van der Waals surface area contributed by atoms with E-state index >= 15 is 0 Å². The highest BCUT2D eigenvalue weighted by molar-refractivity contribution is 6.31. The van der Waals surface area contributed by atoms with Crippen LogP contribution in [0.15, 0.2) is 48.5 Å². The predicted octanol–water partition coefficient (Wildman–Crippen LogP) is 5.36. The van der Waals surface area contributed by atoms with Gasteiger partial charge in [0.2, 0.25) is 0 Å². The fraction of sp³-hybridized carbons (Fsp3) is 0.333. The molecule has 2 aromatic carbocycles. The molecular weight excluding hydrogens is 280 g/mol. The van der Waals surface area contributed by atoms with Gasteiger partial charge in [0.25, 0.3) is 0 Å². The van der Waals surface area contributed by atoms with Crippen molar-refractivity contribution < 1.29 is 0 Å². The molecule has 2 nitrogen and oxygen atoms in total. The smallest absolute Gasteiger partial charge is 0.0598 e. The minimum absolute atomic E-state index is 0.299. The van der Waals surface area contributed by atoms with Crippen molar-refractivity contribution in [2.45, 2.75) is 25.8 Å². The minimum Gasteiger partial charge on any atom is -0.377 e. The molecule has 0 spiro atoms. The Morgan fingerprint density at radius 1 is 1.10 bits per heavy atom. The summed E-state index contributed by atoms with van der Waals surface area (Å²) in [4.78, 5) is 2.10. The molecule has 0 aliphatic heterocycles. The molecule has 0 aliphatic rings. The lowest BCUT2D eigenvalue weighted by atomic mass is 10.0. The molecule has 1 atom stereocenters. The van der Waals surface area contributed by atoms with Crippen LogP contribution in [0.1, 0.15) is 31.4 Å². The number of hydrogen-bond donors (Lipinski definition) is 1. The van der Waals surface area contributed by atoms with Gasteiger partial charge in [-0.1, -0.05) is 55.3 Å². The summed E-state index contributed by atoms with van der Waals surface area (Å²) in [5, 5.41) is 4.42. The Morgan fingerprint density at radius 3 is 2.43 bits per heavy atom. The highest BCUT2D eigenvalue weighted by Gasteiger charge is 2.13. The summed E-state index contributed by atoms with van der Waals surface area (Å²) in [6.07, 6.45) is 2.22. The summed E-state index contributed by atoms with van der Waals surface area (Å²) in [6.45, 7) is 2.21. The molecular formula is C18H23ClN2. The average Bonchev–Trinajstić information content (AvgIpc) is 2.47. The van der Waals surface area contributed by atoms with E-state index in [0.29, 0.717) is 6.04 Å². The van der Waals surface area contributed by atoms with Gasteiger partial charge in [-0.25, -0.2) is 0 Å². The van der Waals surface area contributed by atoms with E-state index in [1.54, 1.807) is 0 Å². The van der Waals surface area contributed by atoms with E-state index in [9.17, 15) is 0 Å². The maximum atomic E-state index is 6.17. The van der Waals surface area contributed by atoms with Crippen molar-refractivity contribution in [3.05, 3.63) is 59.1 Å². The van der Waals surface area contributed by atoms with Gasteiger partial charge >= 0.3 is 0 Å². The molecule has 0 fully saturated rings. The molecule has 0 heterocycles. The van der Waals surface area contributed by atoms with Crippen molar-refractivity contribution in [3.8, 4) is 0 Å². The first kappa shape index (κ1) is 15.7. The van der Waals surface area contributed by atoms with E-state index < -0.39 is 0 Å². The third-order valence-electron chi connectivity index (χ3n) is 3.55. The number of nitrogens with zero attached hydrogens (tertiary/aromatic N) is 1. The third-order valence-corrected chi connectivity index (χ3v) is 3.78. The number of benzene rings is 2. The Morgan fingerprint density at radius 2 is 1.81 bits per heavy atom. The van der Waals surface area contributed by atoms with Crippen molar-refractivity contribution in [3.63, 3.8) is 0 Å². The highest BCUT2D eigenvalue weighted by atomic mass is 35.5. The first-order valence-electron chi connectivity index (χ1n) is 7.40. The second kappa shape index (κ2) is 7.37. The molecule has 21 heavy (non-hydrogen) atoms. The monoisotopic (exact) mass is 302 g/mol. The molecule has 112 valence electrons. The maximum absolute atomic E-state index is 6.17. The Bertz CT molecular complexity index is 567. The van der Waals surface area contributed by atoms with Crippen LogP contribution in [-0.4, -0.2) is 14.1 Å². The fourth-order valence-corrected chi connectivity index (χ4v) is 2.67. The second-order valence-corrected chi connectivity index (χ2v) is 5.89.